The fourth-order valence-electron chi connectivity index (χ4n) is 1.44. The molecule has 0 spiro atoms. The van der Waals surface area contributed by atoms with Gasteiger partial charge in [0.15, 0.2) is 0 Å². The van der Waals surface area contributed by atoms with Crippen LogP contribution in [0.25, 0.3) is 0 Å². The number of carbonyl (C=O) groups is 1. The highest BCUT2D eigenvalue weighted by molar-refractivity contribution is 6.30. The van der Waals surface area contributed by atoms with E-state index in [1.165, 1.54) is 0 Å². The number of carboxylic acid groups (broad SMARTS) is 1. The zero-order valence-electron chi connectivity index (χ0n) is 9.62. The summed E-state index contributed by atoms with van der Waals surface area (Å²) in [5.41, 5.74) is 0.0673. The number of hydrogen-bond donors (Lipinski definition) is 2. The summed E-state index contributed by atoms with van der Waals surface area (Å²) in [7, 11) is 0. The van der Waals surface area contributed by atoms with E-state index in [0.29, 0.717) is 5.02 Å². The topological polar surface area (TPSA) is 49.3 Å². The summed E-state index contributed by atoms with van der Waals surface area (Å²) in [6.45, 7) is 5.21. The standard InChI is InChI=1S/C12H16ClNO2/c1-8(14-12(2,3)11(15)16)9-4-6-10(13)7-5-9/h4-8,14H,1-3H3,(H,15,16). The summed E-state index contributed by atoms with van der Waals surface area (Å²) < 4.78 is 0. The van der Waals surface area contributed by atoms with Crippen LogP contribution in [0.1, 0.15) is 32.4 Å². The molecule has 1 atom stereocenters. The lowest BCUT2D eigenvalue weighted by Crippen LogP contribution is -2.47. The number of benzene rings is 1. The van der Waals surface area contributed by atoms with Gasteiger partial charge in [-0.05, 0) is 38.5 Å². The van der Waals surface area contributed by atoms with Gasteiger partial charge in [-0.15, -0.1) is 0 Å². The molecule has 2 N–H and O–H groups in total. The van der Waals surface area contributed by atoms with Gasteiger partial charge in [-0.3, -0.25) is 10.1 Å². The van der Waals surface area contributed by atoms with Gasteiger partial charge in [0.25, 0.3) is 0 Å². The van der Waals surface area contributed by atoms with Gasteiger partial charge in [-0.1, -0.05) is 23.7 Å². The number of aliphatic carboxylic acids is 1. The number of hydrogen-bond acceptors (Lipinski definition) is 2. The first-order valence-electron chi connectivity index (χ1n) is 5.09. The average molecular weight is 242 g/mol. The number of carboxylic acids is 1. The van der Waals surface area contributed by atoms with Gasteiger partial charge < -0.3 is 5.11 Å². The molecule has 1 aromatic carbocycles. The van der Waals surface area contributed by atoms with Gasteiger partial charge in [0.2, 0.25) is 0 Å². The maximum atomic E-state index is 11.0. The molecule has 0 saturated carbocycles. The second kappa shape index (κ2) is 4.85. The van der Waals surface area contributed by atoms with Crippen LogP contribution in [0.3, 0.4) is 0 Å². The molecule has 0 aliphatic heterocycles. The summed E-state index contributed by atoms with van der Waals surface area (Å²) >= 11 is 5.79. The minimum atomic E-state index is -0.945. The lowest BCUT2D eigenvalue weighted by molar-refractivity contribution is -0.143. The molecule has 0 saturated heterocycles. The van der Waals surface area contributed by atoms with Gasteiger partial charge in [0.1, 0.15) is 5.54 Å². The van der Waals surface area contributed by atoms with E-state index in [2.05, 4.69) is 5.32 Å². The molecular formula is C12H16ClNO2. The van der Waals surface area contributed by atoms with Gasteiger partial charge in [-0.25, -0.2) is 0 Å². The summed E-state index contributed by atoms with van der Waals surface area (Å²) in [6, 6.07) is 7.32. The Hall–Kier alpha value is -1.06. The molecule has 0 aliphatic rings. The van der Waals surface area contributed by atoms with Crippen LogP contribution in [-0.4, -0.2) is 16.6 Å². The Bertz CT molecular complexity index is 373. The van der Waals surface area contributed by atoms with Crippen LogP contribution in [0, 0.1) is 0 Å². The summed E-state index contributed by atoms with van der Waals surface area (Å²) in [5.74, 6) is -0.867. The van der Waals surface area contributed by atoms with E-state index in [-0.39, 0.29) is 6.04 Å². The maximum Gasteiger partial charge on any atom is 0.323 e. The summed E-state index contributed by atoms with van der Waals surface area (Å²) in [5, 5.41) is 12.7. The van der Waals surface area contributed by atoms with Crippen LogP contribution in [0.4, 0.5) is 0 Å². The molecule has 0 aliphatic carbocycles. The quantitative estimate of drug-likeness (QED) is 0.852. The van der Waals surface area contributed by atoms with Crippen molar-refractivity contribution in [3.05, 3.63) is 34.9 Å². The number of halogens is 1. The summed E-state index contributed by atoms with van der Waals surface area (Å²) in [4.78, 5) is 11.0. The Kier molecular flexibility index (Phi) is 3.94. The normalized spacial score (nSPS) is 13.5. The Morgan fingerprint density at radius 3 is 2.31 bits per heavy atom. The fraction of sp³-hybridized carbons (Fsp3) is 0.417. The number of nitrogens with one attached hydrogen (secondary N) is 1. The third-order valence-corrected chi connectivity index (χ3v) is 2.73. The first kappa shape index (κ1) is 13.0. The number of rotatable bonds is 4. The molecule has 1 rings (SSSR count). The highest BCUT2D eigenvalue weighted by Crippen LogP contribution is 2.18. The monoisotopic (exact) mass is 241 g/mol. The van der Waals surface area contributed by atoms with Crippen LogP contribution in [0.5, 0.6) is 0 Å². The Labute approximate surface area is 100 Å². The van der Waals surface area contributed by atoms with E-state index in [4.69, 9.17) is 16.7 Å². The highest BCUT2D eigenvalue weighted by atomic mass is 35.5. The molecule has 88 valence electrons. The molecule has 1 unspecified atom stereocenters. The van der Waals surface area contributed by atoms with Crippen molar-refractivity contribution < 1.29 is 9.90 Å². The SMILES string of the molecule is CC(NC(C)(C)C(=O)O)c1ccc(Cl)cc1. The molecule has 0 radical (unpaired) electrons. The predicted molar refractivity (Wildman–Crippen MR) is 64.7 cm³/mol. The molecule has 16 heavy (non-hydrogen) atoms. The van der Waals surface area contributed by atoms with Crippen LogP contribution in [-0.2, 0) is 4.79 Å². The van der Waals surface area contributed by atoms with E-state index in [1.54, 1.807) is 26.0 Å². The van der Waals surface area contributed by atoms with Gasteiger partial charge in [0.05, 0.1) is 0 Å². The Morgan fingerprint density at radius 2 is 1.88 bits per heavy atom. The zero-order valence-corrected chi connectivity index (χ0v) is 10.4. The molecule has 3 nitrogen and oxygen atoms in total. The summed E-state index contributed by atoms with van der Waals surface area (Å²) in [6.07, 6.45) is 0. The van der Waals surface area contributed by atoms with Crippen molar-refractivity contribution in [2.75, 3.05) is 0 Å². The average Bonchev–Trinajstić information content (AvgIpc) is 2.17. The molecule has 0 amide bonds. The minimum absolute atomic E-state index is 0.0385. The van der Waals surface area contributed by atoms with Crippen molar-refractivity contribution in [3.63, 3.8) is 0 Å². The van der Waals surface area contributed by atoms with Crippen LogP contribution in [0.15, 0.2) is 24.3 Å². The minimum Gasteiger partial charge on any atom is -0.480 e. The molecular weight excluding hydrogens is 226 g/mol. The molecule has 4 heteroatoms. The first-order valence-corrected chi connectivity index (χ1v) is 5.47. The predicted octanol–water partition coefficient (Wildman–Crippen LogP) is 2.85. The van der Waals surface area contributed by atoms with E-state index in [1.807, 2.05) is 19.1 Å². The molecule has 0 heterocycles. The smallest absolute Gasteiger partial charge is 0.323 e. The van der Waals surface area contributed by atoms with E-state index >= 15 is 0 Å². The third kappa shape index (κ3) is 3.22. The van der Waals surface area contributed by atoms with Crippen molar-refractivity contribution in [2.24, 2.45) is 0 Å². The van der Waals surface area contributed by atoms with Crippen LogP contribution < -0.4 is 5.32 Å². The Morgan fingerprint density at radius 1 is 1.38 bits per heavy atom. The maximum absolute atomic E-state index is 11.0. The molecule has 0 fully saturated rings. The highest BCUT2D eigenvalue weighted by Gasteiger charge is 2.28. The largest absolute Gasteiger partial charge is 0.480 e. The lowest BCUT2D eigenvalue weighted by atomic mass is 10.0. The van der Waals surface area contributed by atoms with Crippen LogP contribution in [0.2, 0.25) is 5.02 Å². The van der Waals surface area contributed by atoms with Crippen LogP contribution >= 0.6 is 11.6 Å². The molecule has 0 aromatic heterocycles. The van der Waals surface area contributed by atoms with Gasteiger partial charge in [-0.2, -0.15) is 0 Å². The van der Waals surface area contributed by atoms with Crippen molar-refractivity contribution >= 4 is 17.6 Å². The molecule has 0 bridgehead atoms. The van der Waals surface area contributed by atoms with Gasteiger partial charge >= 0.3 is 5.97 Å². The van der Waals surface area contributed by atoms with Crippen molar-refractivity contribution in [3.8, 4) is 0 Å². The third-order valence-electron chi connectivity index (χ3n) is 2.48. The van der Waals surface area contributed by atoms with E-state index in [9.17, 15) is 4.79 Å². The first-order chi connectivity index (χ1) is 7.33. The lowest BCUT2D eigenvalue weighted by Gasteiger charge is -2.26. The van der Waals surface area contributed by atoms with Crippen molar-refractivity contribution in [1.82, 2.24) is 5.32 Å². The van der Waals surface area contributed by atoms with E-state index in [0.717, 1.165) is 5.56 Å². The van der Waals surface area contributed by atoms with E-state index < -0.39 is 11.5 Å². The molecule has 1 aromatic rings. The second-order valence-corrected chi connectivity index (χ2v) is 4.78. The fourth-order valence-corrected chi connectivity index (χ4v) is 1.56. The van der Waals surface area contributed by atoms with Crippen molar-refractivity contribution in [1.29, 1.82) is 0 Å². The van der Waals surface area contributed by atoms with Gasteiger partial charge in [0, 0.05) is 11.1 Å². The second-order valence-electron chi connectivity index (χ2n) is 4.35. The Balaban J connectivity index is 2.76. The van der Waals surface area contributed by atoms with Crippen molar-refractivity contribution in [2.45, 2.75) is 32.4 Å². The zero-order chi connectivity index (χ0) is 12.3.